The summed E-state index contributed by atoms with van der Waals surface area (Å²) in [5.41, 5.74) is 5.26. The first kappa shape index (κ1) is 13.4. The molecular formula is C10H17F3N4O. The molecule has 2 aliphatic rings. The highest BCUT2D eigenvalue weighted by Gasteiger charge is 2.46. The maximum Gasteiger partial charge on any atom is 0.404 e. The number of urea groups is 1. The quantitative estimate of drug-likeness (QED) is 0.754. The lowest BCUT2D eigenvalue weighted by atomic mass is 10.1. The lowest BCUT2D eigenvalue weighted by molar-refractivity contribution is -0.189. The molecule has 0 saturated carbocycles. The molecule has 2 aliphatic heterocycles. The van der Waals surface area contributed by atoms with E-state index < -0.39 is 12.2 Å². The number of nitrogens with two attached hydrogens (primary N) is 1. The molecule has 0 radical (unpaired) electrons. The number of piperazine rings is 1. The molecule has 0 aromatic heterocycles. The van der Waals surface area contributed by atoms with Crippen LogP contribution >= 0.6 is 0 Å². The molecule has 2 amide bonds. The molecule has 0 aromatic rings. The lowest BCUT2D eigenvalue weighted by Gasteiger charge is -2.41. The summed E-state index contributed by atoms with van der Waals surface area (Å²) in [4.78, 5) is 14.4. The summed E-state index contributed by atoms with van der Waals surface area (Å²) in [6, 6.07) is -1.84. The zero-order chi connectivity index (χ0) is 13.3. The van der Waals surface area contributed by atoms with Gasteiger partial charge >= 0.3 is 12.2 Å². The van der Waals surface area contributed by atoms with E-state index in [0.29, 0.717) is 13.1 Å². The van der Waals surface area contributed by atoms with Crippen LogP contribution in [0.15, 0.2) is 0 Å². The number of nitrogens with one attached hydrogen (secondary N) is 1. The monoisotopic (exact) mass is 266 g/mol. The van der Waals surface area contributed by atoms with Gasteiger partial charge in [0.25, 0.3) is 0 Å². The van der Waals surface area contributed by atoms with Gasteiger partial charge in [-0.2, -0.15) is 13.2 Å². The van der Waals surface area contributed by atoms with Crippen LogP contribution in [0.3, 0.4) is 0 Å². The van der Waals surface area contributed by atoms with Gasteiger partial charge in [0, 0.05) is 26.2 Å². The van der Waals surface area contributed by atoms with Gasteiger partial charge in [-0.15, -0.1) is 0 Å². The van der Waals surface area contributed by atoms with E-state index in [9.17, 15) is 18.0 Å². The SMILES string of the molecule is NCCC(N1CCN2C(=O)NCC2C1)C(F)(F)F. The van der Waals surface area contributed by atoms with E-state index in [1.54, 1.807) is 4.90 Å². The van der Waals surface area contributed by atoms with Gasteiger partial charge < -0.3 is 16.0 Å². The number of carbonyl (C=O) groups is 1. The van der Waals surface area contributed by atoms with Crippen LogP contribution in [0.25, 0.3) is 0 Å². The van der Waals surface area contributed by atoms with E-state index in [2.05, 4.69) is 5.32 Å². The molecule has 18 heavy (non-hydrogen) atoms. The first-order valence-electron chi connectivity index (χ1n) is 5.98. The second-order valence-electron chi connectivity index (χ2n) is 4.66. The van der Waals surface area contributed by atoms with Crippen molar-refractivity contribution in [3.05, 3.63) is 0 Å². The second-order valence-corrected chi connectivity index (χ2v) is 4.66. The number of carbonyl (C=O) groups excluding carboxylic acids is 1. The molecule has 2 atom stereocenters. The maximum atomic E-state index is 12.9. The number of hydrogen-bond acceptors (Lipinski definition) is 3. The summed E-state index contributed by atoms with van der Waals surface area (Å²) >= 11 is 0. The number of fused-ring (bicyclic) bond motifs is 1. The third-order valence-corrected chi connectivity index (χ3v) is 3.52. The average molecular weight is 266 g/mol. The number of amides is 2. The van der Waals surface area contributed by atoms with Crippen molar-refractivity contribution in [1.82, 2.24) is 15.1 Å². The summed E-state index contributed by atoms with van der Waals surface area (Å²) in [6.45, 7) is 1.26. The zero-order valence-electron chi connectivity index (χ0n) is 9.91. The predicted octanol–water partition coefficient (Wildman–Crippen LogP) is -0.0245. The largest absolute Gasteiger partial charge is 0.404 e. The fourth-order valence-electron chi connectivity index (χ4n) is 2.62. The number of nitrogens with zero attached hydrogens (tertiary/aromatic N) is 2. The van der Waals surface area contributed by atoms with E-state index in [1.165, 1.54) is 4.90 Å². The number of alkyl halides is 3. The minimum atomic E-state index is -4.27. The highest BCUT2D eigenvalue weighted by atomic mass is 19.4. The van der Waals surface area contributed by atoms with Gasteiger partial charge in [-0.1, -0.05) is 0 Å². The molecule has 2 saturated heterocycles. The highest BCUT2D eigenvalue weighted by molar-refractivity contribution is 5.77. The Labute approximate surface area is 103 Å². The Kier molecular flexibility index (Phi) is 3.67. The fourth-order valence-corrected chi connectivity index (χ4v) is 2.62. The van der Waals surface area contributed by atoms with Crippen molar-refractivity contribution in [3.8, 4) is 0 Å². The van der Waals surface area contributed by atoms with Crippen LogP contribution in [0.1, 0.15) is 6.42 Å². The van der Waals surface area contributed by atoms with Crippen LogP contribution < -0.4 is 11.1 Å². The molecule has 5 nitrogen and oxygen atoms in total. The third-order valence-electron chi connectivity index (χ3n) is 3.52. The molecule has 2 heterocycles. The van der Waals surface area contributed by atoms with Crippen LogP contribution in [0.5, 0.6) is 0 Å². The van der Waals surface area contributed by atoms with E-state index in [1.807, 2.05) is 0 Å². The molecule has 0 bridgehead atoms. The lowest BCUT2D eigenvalue weighted by Crippen LogP contribution is -2.58. The summed E-state index contributed by atoms with van der Waals surface area (Å²) in [5, 5.41) is 2.65. The van der Waals surface area contributed by atoms with Gasteiger partial charge in [0.2, 0.25) is 0 Å². The molecular weight excluding hydrogens is 249 g/mol. The van der Waals surface area contributed by atoms with Crippen molar-refractivity contribution in [3.63, 3.8) is 0 Å². The first-order chi connectivity index (χ1) is 8.43. The molecule has 3 N–H and O–H groups in total. The molecule has 104 valence electrons. The molecule has 2 unspecified atom stereocenters. The Bertz CT molecular complexity index is 323. The van der Waals surface area contributed by atoms with Gasteiger partial charge in [-0.25, -0.2) is 4.79 Å². The van der Waals surface area contributed by atoms with Crippen molar-refractivity contribution in [2.75, 3.05) is 32.7 Å². The van der Waals surface area contributed by atoms with E-state index in [4.69, 9.17) is 5.73 Å². The van der Waals surface area contributed by atoms with Crippen LogP contribution in [0.2, 0.25) is 0 Å². The molecule has 8 heteroatoms. The second kappa shape index (κ2) is 4.93. The predicted molar refractivity (Wildman–Crippen MR) is 59.0 cm³/mol. The van der Waals surface area contributed by atoms with Crippen molar-refractivity contribution < 1.29 is 18.0 Å². The van der Waals surface area contributed by atoms with Crippen LogP contribution in [0, 0.1) is 0 Å². The minimum absolute atomic E-state index is 0.00619. The molecule has 0 spiro atoms. The standard InChI is InChI=1S/C10H17F3N4O/c11-10(12,13)8(1-2-14)16-3-4-17-7(6-16)5-15-9(17)18/h7-8H,1-6,14H2,(H,15,18). The summed E-state index contributed by atoms with van der Waals surface area (Å²) in [5.74, 6) is 0. The summed E-state index contributed by atoms with van der Waals surface area (Å²) in [6.07, 6.45) is -4.37. The van der Waals surface area contributed by atoms with Crippen molar-refractivity contribution >= 4 is 6.03 Å². The number of hydrogen-bond donors (Lipinski definition) is 2. The van der Waals surface area contributed by atoms with Gasteiger partial charge in [0.1, 0.15) is 6.04 Å². The Balaban J connectivity index is 2.03. The maximum absolute atomic E-state index is 12.9. The Morgan fingerprint density at radius 3 is 2.78 bits per heavy atom. The van der Waals surface area contributed by atoms with E-state index in [0.717, 1.165) is 0 Å². The number of rotatable bonds is 3. The summed E-state index contributed by atoms with van der Waals surface area (Å²) in [7, 11) is 0. The average Bonchev–Trinajstić information content (AvgIpc) is 2.66. The van der Waals surface area contributed by atoms with Crippen LogP contribution in [-0.2, 0) is 0 Å². The number of halogens is 3. The summed E-state index contributed by atoms with van der Waals surface area (Å²) < 4.78 is 38.8. The van der Waals surface area contributed by atoms with Crippen molar-refractivity contribution in [1.29, 1.82) is 0 Å². The Morgan fingerprint density at radius 2 is 2.17 bits per heavy atom. The van der Waals surface area contributed by atoms with Crippen molar-refractivity contribution in [2.45, 2.75) is 24.7 Å². The Morgan fingerprint density at radius 1 is 1.44 bits per heavy atom. The van der Waals surface area contributed by atoms with Gasteiger partial charge in [0.05, 0.1) is 6.04 Å². The first-order valence-corrected chi connectivity index (χ1v) is 5.98. The molecule has 2 fully saturated rings. The minimum Gasteiger partial charge on any atom is -0.336 e. The van der Waals surface area contributed by atoms with Gasteiger partial charge in [0.15, 0.2) is 0 Å². The van der Waals surface area contributed by atoms with Crippen LogP contribution in [0.4, 0.5) is 18.0 Å². The van der Waals surface area contributed by atoms with Gasteiger partial charge in [-0.3, -0.25) is 4.90 Å². The normalized spacial score (nSPS) is 27.0. The molecule has 0 aromatic carbocycles. The topological polar surface area (TPSA) is 61.6 Å². The van der Waals surface area contributed by atoms with Gasteiger partial charge in [-0.05, 0) is 13.0 Å². The smallest absolute Gasteiger partial charge is 0.336 e. The zero-order valence-corrected chi connectivity index (χ0v) is 9.91. The van der Waals surface area contributed by atoms with E-state index in [-0.39, 0.29) is 38.1 Å². The Hall–Kier alpha value is -1.02. The fraction of sp³-hybridized carbons (Fsp3) is 0.900. The molecule has 2 rings (SSSR count). The third kappa shape index (κ3) is 2.54. The van der Waals surface area contributed by atoms with Crippen LogP contribution in [-0.4, -0.2) is 66.8 Å². The highest BCUT2D eigenvalue weighted by Crippen LogP contribution is 2.29. The molecule has 0 aliphatic carbocycles. The van der Waals surface area contributed by atoms with E-state index >= 15 is 0 Å². The van der Waals surface area contributed by atoms with Crippen molar-refractivity contribution in [2.24, 2.45) is 5.73 Å².